The van der Waals surface area contributed by atoms with Crippen LogP contribution in [0.2, 0.25) is 0 Å². The predicted octanol–water partition coefficient (Wildman–Crippen LogP) is 4.30. The molecule has 0 aromatic heterocycles. The molecule has 17 heavy (non-hydrogen) atoms. The SMILES string of the molecule is ICCC(OC1CCCCO1)C1CCCCC1. The van der Waals surface area contributed by atoms with Crippen LogP contribution in [0.15, 0.2) is 0 Å². The molecule has 2 atom stereocenters. The second-order valence-corrected chi connectivity index (χ2v) is 6.43. The van der Waals surface area contributed by atoms with Crippen LogP contribution >= 0.6 is 22.6 Å². The van der Waals surface area contributed by atoms with Crippen LogP contribution in [-0.4, -0.2) is 23.4 Å². The lowest BCUT2D eigenvalue weighted by Crippen LogP contribution is -2.33. The summed E-state index contributed by atoms with van der Waals surface area (Å²) in [6.07, 6.45) is 12.3. The molecular formula is C14H25IO2. The summed E-state index contributed by atoms with van der Waals surface area (Å²) in [5.74, 6) is 0.795. The van der Waals surface area contributed by atoms with Crippen molar-refractivity contribution in [1.82, 2.24) is 0 Å². The molecule has 0 spiro atoms. The number of ether oxygens (including phenoxy) is 2. The van der Waals surface area contributed by atoms with Crippen molar-refractivity contribution in [2.75, 3.05) is 11.0 Å². The molecule has 0 amide bonds. The Labute approximate surface area is 119 Å². The van der Waals surface area contributed by atoms with Crippen LogP contribution in [0.25, 0.3) is 0 Å². The molecule has 1 aliphatic carbocycles. The number of hydrogen-bond acceptors (Lipinski definition) is 2. The standard InChI is InChI=1S/C14H25IO2/c15-10-9-13(12-6-2-1-3-7-12)17-14-8-4-5-11-16-14/h12-14H,1-11H2. The third-order valence-electron chi connectivity index (χ3n) is 4.03. The van der Waals surface area contributed by atoms with Gasteiger partial charge in [-0.1, -0.05) is 41.9 Å². The van der Waals surface area contributed by atoms with Gasteiger partial charge in [0.25, 0.3) is 0 Å². The predicted molar refractivity (Wildman–Crippen MR) is 78.5 cm³/mol. The van der Waals surface area contributed by atoms with Gasteiger partial charge in [0.1, 0.15) is 0 Å². The highest BCUT2D eigenvalue weighted by molar-refractivity contribution is 14.1. The molecule has 0 aromatic rings. The van der Waals surface area contributed by atoms with Gasteiger partial charge < -0.3 is 9.47 Å². The van der Waals surface area contributed by atoms with E-state index in [-0.39, 0.29) is 6.29 Å². The minimum absolute atomic E-state index is 0.0960. The molecule has 0 radical (unpaired) electrons. The maximum atomic E-state index is 6.24. The van der Waals surface area contributed by atoms with E-state index in [1.165, 1.54) is 55.8 Å². The summed E-state index contributed by atoms with van der Waals surface area (Å²) in [5.41, 5.74) is 0. The molecule has 1 heterocycles. The van der Waals surface area contributed by atoms with Crippen molar-refractivity contribution >= 4 is 22.6 Å². The van der Waals surface area contributed by atoms with Gasteiger partial charge in [-0.25, -0.2) is 0 Å². The zero-order valence-electron chi connectivity index (χ0n) is 10.7. The van der Waals surface area contributed by atoms with E-state index in [4.69, 9.17) is 9.47 Å². The Morgan fingerprint density at radius 3 is 2.47 bits per heavy atom. The lowest BCUT2D eigenvalue weighted by molar-refractivity contribution is -0.200. The van der Waals surface area contributed by atoms with E-state index in [2.05, 4.69) is 22.6 Å². The summed E-state index contributed by atoms with van der Waals surface area (Å²) in [6.45, 7) is 0.895. The smallest absolute Gasteiger partial charge is 0.157 e. The largest absolute Gasteiger partial charge is 0.353 e. The normalized spacial score (nSPS) is 29.1. The van der Waals surface area contributed by atoms with E-state index < -0.39 is 0 Å². The van der Waals surface area contributed by atoms with Crippen molar-refractivity contribution in [2.24, 2.45) is 5.92 Å². The first-order chi connectivity index (χ1) is 8.40. The van der Waals surface area contributed by atoms with Crippen molar-refractivity contribution in [3.63, 3.8) is 0 Å². The van der Waals surface area contributed by atoms with Gasteiger partial charge in [0.05, 0.1) is 6.10 Å². The molecule has 2 aliphatic rings. The average molecular weight is 352 g/mol. The molecule has 0 aromatic carbocycles. The van der Waals surface area contributed by atoms with Gasteiger partial charge >= 0.3 is 0 Å². The monoisotopic (exact) mass is 352 g/mol. The summed E-state index contributed by atoms with van der Waals surface area (Å²) in [7, 11) is 0. The van der Waals surface area contributed by atoms with Crippen molar-refractivity contribution in [3.8, 4) is 0 Å². The Morgan fingerprint density at radius 2 is 1.82 bits per heavy atom. The van der Waals surface area contributed by atoms with Crippen molar-refractivity contribution in [1.29, 1.82) is 0 Å². The van der Waals surface area contributed by atoms with Crippen LogP contribution < -0.4 is 0 Å². The van der Waals surface area contributed by atoms with Crippen LogP contribution in [0.5, 0.6) is 0 Å². The first kappa shape index (κ1) is 14.1. The maximum Gasteiger partial charge on any atom is 0.157 e. The summed E-state index contributed by atoms with van der Waals surface area (Å²) >= 11 is 2.47. The minimum Gasteiger partial charge on any atom is -0.353 e. The molecule has 1 aliphatic heterocycles. The first-order valence-electron chi connectivity index (χ1n) is 7.23. The topological polar surface area (TPSA) is 18.5 Å². The zero-order chi connectivity index (χ0) is 11.9. The fourth-order valence-electron chi connectivity index (χ4n) is 3.04. The Balaban J connectivity index is 1.81. The van der Waals surface area contributed by atoms with E-state index in [1.807, 2.05) is 0 Å². The Morgan fingerprint density at radius 1 is 1.06 bits per heavy atom. The highest BCUT2D eigenvalue weighted by atomic mass is 127. The van der Waals surface area contributed by atoms with Crippen molar-refractivity contribution < 1.29 is 9.47 Å². The van der Waals surface area contributed by atoms with E-state index in [9.17, 15) is 0 Å². The van der Waals surface area contributed by atoms with Gasteiger partial charge in [0.2, 0.25) is 0 Å². The molecule has 1 saturated carbocycles. The van der Waals surface area contributed by atoms with E-state index >= 15 is 0 Å². The molecule has 2 rings (SSSR count). The fourth-order valence-corrected chi connectivity index (χ4v) is 3.66. The third kappa shape index (κ3) is 4.67. The minimum atomic E-state index is 0.0960. The molecular weight excluding hydrogens is 327 g/mol. The summed E-state index contributed by atoms with van der Waals surface area (Å²) in [6, 6.07) is 0. The highest BCUT2D eigenvalue weighted by Gasteiger charge is 2.27. The van der Waals surface area contributed by atoms with E-state index in [0.717, 1.165) is 18.9 Å². The van der Waals surface area contributed by atoms with Crippen LogP contribution in [-0.2, 0) is 9.47 Å². The molecule has 3 heteroatoms. The van der Waals surface area contributed by atoms with Crippen LogP contribution in [0.3, 0.4) is 0 Å². The van der Waals surface area contributed by atoms with Crippen molar-refractivity contribution in [3.05, 3.63) is 0 Å². The highest BCUT2D eigenvalue weighted by Crippen LogP contribution is 2.31. The van der Waals surface area contributed by atoms with Crippen LogP contribution in [0.1, 0.15) is 57.8 Å². The Bertz CT molecular complexity index is 198. The first-order valence-corrected chi connectivity index (χ1v) is 8.75. The molecule has 1 saturated heterocycles. The van der Waals surface area contributed by atoms with Gasteiger partial charge in [0, 0.05) is 11.0 Å². The van der Waals surface area contributed by atoms with Gasteiger partial charge in [-0.2, -0.15) is 0 Å². The fraction of sp³-hybridized carbons (Fsp3) is 1.00. The summed E-state index contributed by atoms with van der Waals surface area (Å²) in [5, 5.41) is 0. The number of hydrogen-bond donors (Lipinski definition) is 0. The zero-order valence-corrected chi connectivity index (χ0v) is 12.9. The van der Waals surface area contributed by atoms with E-state index in [0.29, 0.717) is 6.10 Å². The molecule has 2 nitrogen and oxygen atoms in total. The van der Waals surface area contributed by atoms with Crippen molar-refractivity contribution in [2.45, 2.75) is 70.2 Å². The lowest BCUT2D eigenvalue weighted by atomic mass is 9.84. The molecule has 2 fully saturated rings. The second-order valence-electron chi connectivity index (χ2n) is 5.35. The lowest BCUT2D eigenvalue weighted by Gasteiger charge is -2.34. The summed E-state index contributed by atoms with van der Waals surface area (Å²) in [4.78, 5) is 0. The number of alkyl halides is 1. The van der Waals surface area contributed by atoms with Gasteiger partial charge in [-0.05, 0) is 44.4 Å². The molecule has 2 unspecified atom stereocenters. The second kappa shape index (κ2) is 7.95. The maximum absolute atomic E-state index is 6.24. The molecule has 100 valence electrons. The average Bonchev–Trinajstić information content (AvgIpc) is 2.40. The quantitative estimate of drug-likeness (QED) is 0.542. The van der Waals surface area contributed by atoms with Gasteiger partial charge in [-0.3, -0.25) is 0 Å². The Kier molecular flexibility index (Phi) is 6.58. The van der Waals surface area contributed by atoms with Gasteiger partial charge in [-0.15, -0.1) is 0 Å². The third-order valence-corrected chi connectivity index (χ3v) is 4.66. The number of rotatable bonds is 5. The van der Waals surface area contributed by atoms with E-state index in [1.54, 1.807) is 0 Å². The summed E-state index contributed by atoms with van der Waals surface area (Å²) < 4.78 is 13.2. The molecule has 0 N–H and O–H groups in total. The van der Waals surface area contributed by atoms with Crippen LogP contribution in [0, 0.1) is 5.92 Å². The van der Waals surface area contributed by atoms with Gasteiger partial charge in [0.15, 0.2) is 6.29 Å². The Hall–Kier alpha value is 0.650. The molecule has 0 bridgehead atoms. The number of halogens is 1. The van der Waals surface area contributed by atoms with Crippen LogP contribution in [0.4, 0.5) is 0 Å².